The van der Waals surface area contributed by atoms with E-state index < -0.39 is 0 Å². The van der Waals surface area contributed by atoms with Gasteiger partial charge in [-0.2, -0.15) is 0 Å². The van der Waals surface area contributed by atoms with E-state index in [1.165, 1.54) is 5.56 Å². The van der Waals surface area contributed by atoms with Gasteiger partial charge in [0.2, 0.25) is 0 Å². The lowest BCUT2D eigenvalue weighted by atomic mass is 10.1. The van der Waals surface area contributed by atoms with Gasteiger partial charge >= 0.3 is 0 Å². The highest BCUT2D eigenvalue weighted by molar-refractivity contribution is 5.73. The van der Waals surface area contributed by atoms with Gasteiger partial charge in [-0.25, -0.2) is 4.98 Å². The topological polar surface area (TPSA) is 35.3 Å². The van der Waals surface area contributed by atoms with Gasteiger partial charge in [-0.1, -0.05) is 18.2 Å². The molecule has 0 aliphatic rings. The summed E-state index contributed by atoms with van der Waals surface area (Å²) >= 11 is 0. The molecule has 0 atom stereocenters. The highest BCUT2D eigenvalue weighted by Gasteiger charge is 2.07. The van der Waals surface area contributed by atoms with Gasteiger partial charge in [0.15, 0.2) is 11.5 Å². The molecule has 19 heavy (non-hydrogen) atoms. The van der Waals surface area contributed by atoms with Gasteiger partial charge in [-0.05, 0) is 42.3 Å². The first-order chi connectivity index (χ1) is 9.24. The third-order valence-corrected chi connectivity index (χ3v) is 3.08. The van der Waals surface area contributed by atoms with Gasteiger partial charge in [-0.3, -0.25) is 0 Å². The highest BCUT2D eigenvalue weighted by atomic mass is 16.5. The molecule has 0 fully saturated rings. The SMILES string of the molecule is COc1cccc(Cc2nc3ccc(C)cc3o2)c1. The summed E-state index contributed by atoms with van der Waals surface area (Å²) in [4.78, 5) is 4.50. The Hall–Kier alpha value is -2.29. The van der Waals surface area contributed by atoms with Crippen molar-refractivity contribution in [3.8, 4) is 5.75 Å². The molecular weight excluding hydrogens is 238 g/mol. The molecule has 2 aromatic carbocycles. The molecular formula is C16H15NO2. The van der Waals surface area contributed by atoms with Gasteiger partial charge in [0, 0.05) is 6.42 Å². The average molecular weight is 253 g/mol. The number of aryl methyl sites for hydroxylation is 1. The Balaban J connectivity index is 1.92. The zero-order valence-corrected chi connectivity index (χ0v) is 11.0. The summed E-state index contributed by atoms with van der Waals surface area (Å²) in [5, 5.41) is 0. The number of oxazole rings is 1. The molecule has 3 nitrogen and oxygen atoms in total. The van der Waals surface area contributed by atoms with Crippen LogP contribution in [0.3, 0.4) is 0 Å². The predicted molar refractivity (Wildman–Crippen MR) is 74.5 cm³/mol. The van der Waals surface area contributed by atoms with Crippen LogP contribution in [-0.2, 0) is 6.42 Å². The molecule has 0 saturated carbocycles. The molecule has 0 radical (unpaired) electrons. The lowest BCUT2D eigenvalue weighted by Crippen LogP contribution is -1.89. The number of ether oxygens (including phenoxy) is 1. The lowest BCUT2D eigenvalue weighted by molar-refractivity contribution is 0.414. The second-order valence-electron chi connectivity index (χ2n) is 4.61. The fraction of sp³-hybridized carbons (Fsp3) is 0.188. The molecule has 0 bridgehead atoms. The van der Waals surface area contributed by atoms with Crippen LogP contribution in [0.1, 0.15) is 17.0 Å². The van der Waals surface area contributed by atoms with Crippen LogP contribution in [0.15, 0.2) is 46.9 Å². The Morgan fingerprint density at radius 2 is 2.05 bits per heavy atom. The van der Waals surface area contributed by atoms with Crippen LogP contribution >= 0.6 is 0 Å². The van der Waals surface area contributed by atoms with Gasteiger partial charge in [0.25, 0.3) is 0 Å². The lowest BCUT2D eigenvalue weighted by Gasteiger charge is -2.01. The molecule has 3 heteroatoms. The van der Waals surface area contributed by atoms with E-state index in [0.29, 0.717) is 6.42 Å². The Morgan fingerprint density at radius 1 is 1.16 bits per heavy atom. The van der Waals surface area contributed by atoms with Crippen molar-refractivity contribution < 1.29 is 9.15 Å². The van der Waals surface area contributed by atoms with Crippen molar-refractivity contribution in [2.75, 3.05) is 7.11 Å². The summed E-state index contributed by atoms with van der Waals surface area (Å²) in [6.45, 7) is 2.05. The zero-order valence-electron chi connectivity index (χ0n) is 11.0. The number of hydrogen-bond acceptors (Lipinski definition) is 3. The minimum absolute atomic E-state index is 0.672. The summed E-state index contributed by atoms with van der Waals surface area (Å²) in [5.41, 5.74) is 4.06. The predicted octanol–water partition coefficient (Wildman–Crippen LogP) is 3.74. The van der Waals surface area contributed by atoms with Crippen LogP contribution in [0.5, 0.6) is 5.75 Å². The Morgan fingerprint density at radius 3 is 2.89 bits per heavy atom. The fourth-order valence-corrected chi connectivity index (χ4v) is 2.11. The molecule has 0 aliphatic carbocycles. The second-order valence-corrected chi connectivity index (χ2v) is 4.61. The van der Waals surface area contributed by atoms with Crippen LogP contribution in [0.4, 0.5) is 0 Å². The first kappa shape index (κ1) is 11.8. The van der Waals surface area contributed by atoms with E-state index in [1.54, 1.807) is 7.11 Å². The minimum Gasteiger partial charge on any atom is -0.497 e. The van der Waals surface area contributed by atoms with Crippen molar-refractivity contribution in [2.45, 2.75) is 13.3 Å². The molecule has 0 aliphatic heterocycles. The van der Waals surface area contributed by atoms with Crippen molar-refractivity contribution >= 4 is 11.1 Å². The maximum absolute atomic E-state index is 5.77. The maximum Gasteiger partial charge on any atom is 0.199 e. The van der Waals surface area contributed by atoms with Crippen molar-refractivity contribution in [3.63, 3.8) is 0 Å². The number of hydrogen-bond donors (Lipinski definition) is 0. The Labute approximate surface area is 111 Å². The Kier molecular flexibility index (Phi) is 2.95. The van der Waals surface area contributed by atoms with Gasteiger partial charge in [-0.15, -0.1) is 0 Å². The summed E-state index contributed by atoms with van der Waals surface area (Å²) in [7, 11) is 1.67. The number of methoxy groups -OCH3 is 1. The summed E-state index contributed by atoms with van der Waals surface area (Å²) in [5.74, 6) is 1.58. The second kappa shape index (κ2) is 4.76. The number of rotatable bonds is 3. The summed E-state index contributed by atoms with van der Waals surface area (Å²) in [6.07, 6.45) is 0.672. The van der Waals surface area contributed by atoms with Crippen LogP contribution in [0, 0.1) is 6.92 Å². The zero-order chi connectivity index (χ0) is 13.2. The average Bonchev–Trinajstić information content (AvgIpc) is 2.80. The quantitative estimate of drug-likeness (QED) is 0.713. The first-order valence-corrected chi connectivity index (χ1v) is 6.23. The number of nitrogens with zero attached hydrogens (tertiary/aromatic N) is 1. The van der Waals surface area contributed by atoms with Crippen LogP contribution in [-0.4, -0.2) is 12.1 Å². The van der Waals surface area contributed by atoms with E-state index in [9.17, 15) is 0 Å². The third-order valence-electron chi connectivity index (χ3n) is 3.08. The van der Waals surface area contributed by atoms with Crippen molar-refractivity contribution in [3.05, 3.63) is 59.5 Å². The van der Waals surface area contributed by atoms with E-state index in [2.05, 4.69) is 4.98 Å². The molecule has 0 N–H and O–H groups in total. The van der Waals surface area contributed by atoms with Crippen molar-refractivity contribution in [2.24, 2.45) is 0 Å². The standard InChI is InChI=1S/C16H15NO2/c1-11-6-7-14-15(8-11)19-16(17-14)10-12-4-3-5-13(9-12)18-2/h3-9H,10H2,1-2H3. The molecule has 0 amide bonds. The van der Waals surface area contributed by atoms with Crippen molar-refractivity contribution in [1.29, 1.82) is 0 Å². The number of aromatic nitrogens is 1. The van der Waals surface area contributed by atoms with Gasteiger partial charge in [0.1, 0.15) is 11.3 Å². The molecule has 3 aromatic rings. The first-order valence-electron chi connectivity index (χ1n) is 6.23. The van der Waals surface area contributed by atoms with E-state index in [-0.39, 0.29) is 0 Å². The number of fused-ring (bicyclic) bond motifs is 1. The number of benzene rings is 2. The highest BCUT2D eigenvalue weighted by Crippen LogP contribution is 2.20. The van der Waals surface area contributed by atoms with E-state index >= 15 is 0 Å². The molecule has 0 spiro atoms. The van der Waals surface area contributed by atoms with E-state index in [1.807, 2.05) is 49.4 Å². The summed E-state index contributed by atoms with van der Waals surface area (Å²) < 4.78 is 11.0. The molecule has 3 rings (SSSR count). The van der Waals surface area contributed by atoms with Crippen LogP contribution in [0.2, 0.25) is 0 Å². The fourth-order valence-electron chi connectivity index (χ4n) is 2.11. The molecule has 0 saturated heterocycles. The molecule has 0 unspecified atom stereocenters. The largest absolute Gasteiger partial charge is 0.497 e. The molecule has 1 heterocycles. The molecule has 1 aromatic heterocycles. The monoisotopic (exact) mass is 253 g/mol. The minimum atomic E-state index is 0.672. The smallest absolute Gasteiger partial charge is 0.199 e. The normalized spacial score (nSPS) is 10.8. The van der Waals surface area contributed by atoms with E-state index in [4.69, 9.17) is 9.15 Å². The Bertz CT molecular complexity index is 716. The third kappa shape index (κ3) is 2.45. The maximum atomic E-state index is 5.77. The van der Waals surface area contributed by atoms with Crippen LogP contribution in [0.25, 0.3) is 11.1 Å². The summed E-state index contributed by atoms with van der Waals surface area (Å²) in [6, 6.07) is 14.0. The van der Waals surface area contributed by atoms with Crippen molar-refractivity contribution in [1.82, 2.24) is 4.98 Å². The van der Waals surface area contributed by atoms with Crippen LogP contribution < -0.4 is 4.74 Å². The van der Waals surface area contributed by atoms with Gasteiger partial charge in [0.05, 0.1) is 7.11 Å². The molecule has 96 valence electrons. The van der Waals surface area contributed by atoms with Gasteiger partial charge < -0.3 is 9.15 Å². The van der Waals surface area contributed by atoms with E-state index in [0.717, 1.165) is 28.3 Å².